The highest BCUT2D eigenvalue weighted by atomic mass is 32.2. The van der Waals surface area contributed by atoms with Gasteiger partial charge in [-0.3, -0.25) is 4.79 Å². The Morgan fingerprint density at radius 1 is 1.28 bits per heavy atom. The van der Waals surface area contributed by atoms with Gasteiger partial charge in [0.2, 0.25) is 0 Å². The number of ether oxygens (including phenoxy) is 1. The standard InChI is InChI=1S/C22H27N3O2S2/c1-12-9-18(14(3)25(12)10-17-7-6-8-27-17)19(26)11-28-21-20-13(2)15(4)29-22(20)24-16(5)23-21/h9,17H,6-8,10-11H2,1-5H3/t17-/m0/s1. The van der Waals surface area contributed by atoms with E-state index < -0.39 is 0 Å². The number of hydrogen-bond donors (Lipinski definition) is 0. The summed E-state index contributed by atoms with van der Waals surface area (Å²) in [5, 5.41) is 2.01. The summed E-state index contributed by atoms with van der Waals surface area (Å²) in [6.07, 6.45) is 2.48. The van der Waals surface area contributed by atoms with Crippen LogP contribution in [0.15, 0.2) is 11.1 Å². The summed E-state index contributed by atoms with van der Waals surface area (Å²) >= 11 is 3.22. The molecule has 0 N–H and O–H groups in total. The van der Waals surface area contributed by atoms with Gasteiger partial charge in [0, 0.05) is 40.4 Å². The number of hydrogen-bond acceptors (Lipinski definition) is 6. The second-order valence-electron chi connectivity index (χ2n) is 7.78. The Balaban J connectivity index is 1.54. The number of carbonyl (C=O) groups excluding carboxylic acids is 1. The van der Waals surface area contributed by atoms with Crippen molar-refractivity contribution in [3.05, 3.63) is 39.3 Å². The Hall–Kier alpha value is -1.70. The summed E-state index contributed by atoms with van der Waals surface area (Å²) in [6, 6.07) is 2.02. The average Bonchev–Trinajstić information content (AvgIpc) is 3.36. The molecular formula is C22H27N3O2S2. The van der Waals surface area contributed by atoms with E-state index >= 15 is 0 Å². The van der Waals surface area contributed by atoms with Crippen LogP contribution in [0.1, 0.15) is 50.9 Å². The van der Waals surface area contributed by atoms with Crippen molar-refractivity contribution >= 4 is 39.1 Å². The SMILES string of the molecule is Cc1nc(SCC(=O)c2cc(C)n(C[C@@H]3CCCO3)c2C)c2c(C)c(C)sc2n1. The van der Waals surface area contributed by atoms with Gasteiger partial charge in [0.05, 0.1) is 11.9 Å². The molecule has 154 valence electrons. The molecule has 7 heteroatoms. The molecule has 1 atom stereocenters. The van der Waals surface area contributed by atoms with Gasteiger partial charge < -0.3 is 9.30 Å². The second kappa shape index (κ2) is 8.20. The minimum Gasteiger partial charge on any atom is -0.376 e. The van der Waals surface area contributed by atoms with E-state index in [0.29, 0.717) is 5.75 Å². The normalized spacial score (nSPS) is 16.8. The van der Waals surface area contributed by atoms with Crippen LogP contribution in [0.3, 0.4) is 0 Å². The van der Waals surface area contributed by atoms with E-state index in [-0.39, 0.29) is 11.9 Å². The topological polar surface area (TPSA) is 57.0 Å². The molecule has 1 aliphatic rings. The highest BCUT2D eigenvalue weighted by Crippen LogP contribution is 2.35. The molecule has 0 spiro atoms. The maximum atomic E-state index is 13.0. The van der Waals surface area contributed by atoms with Gasteiger partial charge >= 0.3 is 0 Å². The molecule has 0 aromatic carbocycles. The monoisotopic (exact) mass is 429 g/mol. The summed E-state index contributed by atoms with van der Waals surface area (Å²) in [4.78, 5) is 24.5. The summed E-state index contributed by atoms with van der Waals surface area (Å²) in [5.41, 5.74) is 4.19. The fourth-order valence-corrected chi connectivity index (χ4v) is 6.14. The first-order valence-electron chi connectivity index (χ1n) is 10.0. The van der Waals surface area contributed by atoms with Gasteiger partial charge in [-0.1, -0.05) is 11.8 Å². The third kappa shape index (κ3) is 4.00. The molecular weight excluding hydrogens is 402 g/mol. The Kier molecular flexibility index (Phi) is 5.82. The molecule has 4 heterocycles. The van der Waals surface area contributed by atoms with E-state index in [1.165, 1.54) is 22.2 Å². The van der Waals surface area contributed by atoms with Gasteiger partial charge in [-0.2, -0.15) is 0 Å². The smallest absolute Gasteiger partial charge is 0.174 e. The molecule has 0 radical (unpaired) electrons. The third-order valence-electron chi connectivity index (χ3n) is 5.73. The van der Waals surface area contributed by atoms with E-state index in [4.69, 9.17) is 4.74 Å². The van der Waals surface area contributed by atoms with Crippen molar-refractivity contribution in [2.75, 3.05) is 12.4 Å². The predicted octanol–water partition coefficient (Wildman–Crippen LogP) is 5.19. The van der Waals surface area contributed by atoms with Crippen LogP contribution in [0.25, 0.3) is 10.2 Å². The molecule has 1 aliphatic heterocycles. The Morgan fingerprint density at radius 3 is 2.79 bits per heavy atom. The maximum Gasteiger partial charge on any atom is 0.174 e. The lowest BCUT2D eigenvalue weighted by Crippen LogP contribution is -2.17. The lowest BCUT2D eigenvalue weighted by atomic mass is 10.2. The fourth-order valence-electron chi connectivity index (χ4n) is 3.99. The highest BCUT2D eigenvalue weighted by molar-refractivity contribution is 8.00. The largest absolute Gasteiger partial charge is 0.376 e. The molecule has 0 amide bonds. The van der Waals surface area contributed by atoms with Crippen molar-refractivity contribution in [3.63, 3.8) is 0 Å². The van der Waals surface area contributed by atoms with Crippen LogP contribution in [0.2, 0.25) is 0 Å². The van der Waals surface area contributed by atoms with E-state index in [0.717, 1.165) is 64.0 Å². The number of fused-ring (bicyclic) bond motifs is 1. The molecule has 1 fully saturated rings. The van der Waals surface area contributed by atoms with Gasteiger partial charge in [0.25, 0.3) is 0 Å². The molecule has 0 bridgehead atoms. The van der Waals surface area contributed by atoms with Crippen LogP contribution < -0.4 is 0 Å². The predicted molar refractivity (Wildman–Crippen MR) is 120 cm³/mol. The average molecular weight is 430 g/mol. The summed E-state index contributed by atoms with van der Waals surface area (Å²) in [7, 11) is 0. The van der Waals surface area contributed by atoms with Gasteiger partial charge in [0.1, 0.15) is 15.7 Å². The molecule has 0 unspecified atom stereocenters. The third-order valence-corrected chi connectivity index (χ3v) is 7.81. The van der Waals surface area contributed by atoms with Crippen LogP contribution >= 0.6 is 23.1 Å². The highest BCUT2D eigenvalue weighted by Gasteiger charge is 2.22. The van der Waals surface area contributed by atoms with Crippen molar-refractivity contribution in [1.82, 2.24) is 14.5 Å². The summed E-state index contributed by atoms with van der Waals surface area (Å²) in [6.45, 7) is 11.9. The molecule has 0 saturated carbocycles. The van der Waals surface area contributed by atoms with E-state index in [9.17, 15) is 4.79 Å². The zero-order chi connectivity index (χ0) is 20.7. The number of nitrogens with zero attached hydrogens (tertiary/aromatic N) is 3. The molecule has 5 nitrogen and oxygen atoms in total. The molecule has 3 aromatic heterocycles. The number of ketones is 1. The number of rotatable bonds is 6. The van der Waals surface area contributed by atoms with Crippen molar-refractivity contribution in [1.29, 1.82) is 0 Å². The lowest BCUT2D eigenvalue weighted by Gasteiger charge is -2.14. The van der Waals surface area contributed by atoms with Gasteiger partial charge in [-0.15, -0.1) is 11.3 Å². The van der Waals surface area contributed by atoms with E-state index in [1.807, 2.05) is 19.9 Å². The first-order valence-corrected chi connectivity index (χ1v) is 11.8. The van der Waals surface area contributed by atoms with Crippen molar-refractivity contribution in [3.8, 4) is 0 Å². The lowest BCUT2D eigenvalue weighted by molar-refractivity contribution is 0.0957. The molecule has 29 heavy (non-hydrogen) atoms. The maximum absolute atomic E-state index is 13.0. The molecule has 4 rings (SSSR count). The van der Waals surface area contributed by atoms with Gasteiger partial charge in [-0.25, -0.2) is 9.97 Å². The fraction of sp³-hybridized carbons (Fsp3) is 0.500. The molecule has 1 saturated heterocycles. The summed E-state index contributed by atoms with van der Waals surface area (Å²) in [5.74, 6) is 1.28. The Labute approximate surface area is 179 Å². The second-order valence-corrected chi connectivity index (χ2v) is 9.95. The molecule has 3 aromatic rings. The minimum atomic E-state index is 0.149. The first kappa shape index (κ1) is 20.6. The summed E-state index contributed by atoms with van der Waals surface area (Å²) < 4.78 is 8.01. The van der Waals surface area contributed by atoms with Crippen LogP contribution in [-0.4, -0.2) is 38.8 Å². The number of thioether (sulfide) groups is 1. The number of Topliss-reactive ketones (excluding diaryl/α,β-unsaturated/α-hetero) is 1. The minimum absolute atomic E-state index is 0.149. The van der Waals surface area contributed by atoms with Crippen LogP contribution in [0, 0.1) is 34.6 Å². The zero-order valence-corrected chi connectivity index (χ0v) is 19.3. The first-order chi connectivity index (χ1) is 13.8. The van der Waals surface area contributed by atoms with Crippen LogP contribution in [0.5, 0.6) is 0 Å². The number of thiophene rings is 1. The van der Waals surface area contributed by atoms with Gasteiger partial charge in [0.15, 0.2) is 5.78 Å². The number of aryl methyl sites for hydroxylation is 4. The Bertz CT molecular complexity index is 1080. The van der Waals surface area contributed by atoms with E-state index in [2.05, 4.69) is 35.3 Å². The van der Waals surface area contributed by atoms with Crippen molar-refractivity contribution < 1.29 is 9.53 Å². The number of carbonyl (C=O) groups is 1. The number of aromatic nitrogens is 3. The van der Waals surface area contributed by atoms with E-state index in [1.54, 1.807) is 11.3 Å². The molecule has 0 aliphatic carbocycles. The van der Waals surface area contributed by atoms with Gasteiger partial charge in [-0.05, 0) is 59.1 Å². The Morgan fingerprint density at radius 2 is 2.07 bits per heavy atom. The van der Waals surface area contributed by atoms with Crippen LogP contribution in [-0.2, 0) is 11.3 Å². The zero-order valence-electron chi connectivity index (χ0n) is 17.7. The quantitative estimate of drug-likeness (QED) is 0.307. The van der Waals surface area contributed by atoms with Crippen LogP contribution in [0.4, 0.5) is 0 Å². The van der Waals surface area contributed by atoms with Crippen molar-refractivity contribution in [2.45, 2.75) is 65.1 Å². The van der Waals surface area contributed by atoms with Crippen molar-refractivity contribution in [2.24, 2.45) is 0 Å².